The predicted molar refractivity (Wildman–Crippen MR) is 74.6 cm³/mol. The van der Waals surface area contributed by atoms with Crippen LogP contribution in [0.25, 0.3) is 0 Å². The van der Waals surface area contributed by atoms with Gasteiger partial charge in [-0.3, -0.25) is 4.98 Å². The highest BCUT2D eigenvalue weighted by molar-refractivity contribution is 5.20. The van der Waals surface area contributed by atoms with Crippen LogP contribution in [0.3, 0.4) is 0 Å². The van der Waals surface area contributed by atoms with E-state index in [0.29, 0.717) is 11.6 Å². The van der Waals surface area contributed by atoms with Gasteiger partial charge in [-0.15, -0.1) is 0 Å². The predicted octanol–water partition coefficient (Wildman–Crippen LogP) is 4.23. The van der Waals surface area contributed by atoms with E-state index in [1.165, 1.54) is 6.07 Å². The molecule has 5 heteroatoms. The topological polar surface area (TPSA) is 24.9 Å². The van der Waals surface area contributed by atoms with Crippen molar-refractivity contribution in [3.63, 3.8) is 0 Å². The maximum absolute atomic E-state index is 12.6. The molecule has 0 radical (unpaired) electrons. The molecule has 0 saturated heterocycles. The van der Waals surface area contributed by atoms with Crippen molar-refractivity contribution in [1.29, 1.82) is 0 Å². The van der Waals surface area contributed by atoms with Gasteiger partial charge in [0.25, 0.3) is 0 Å². The lowest BCUT2D eigenvalue weighted by atomic mass is 9.86. The third-order valence-corrected chi connectivity index (χ3v) is 3.43. The van der Waals surface area contributed by atoms with E-state index in [-0.39, 0.29) is 12.0 Å². The lowest BCUT2D eigenvalue weighted by molar-refractivity contribution is -0.137. The van der Waals surface area contributed by atoms with Gasteiger partial charge in [-0.05, 0) is 37.9 Å². The van der Waals surface area contributed by atoms with Crippen LogP contribution >= 0.6 is 0 Å². The molecule has 2 unspecified atom stereocenters. The summed E-state index contributed by atoms with van der Waals surface area (Å²) in [6, 6.07) is 2.79. The van der Waals surface area contributed by atoms with Crippen LogP contribution in [0.4, 0.5) is 13.2 Å². The highest BCUT2D eigenvalue weighted by Gasteiger charge is 2.31. The summed E-state index contributed by atoms with van der Waals surface area (Å²) in [7, 11) is 0. The summed E-state index contributed by atoms with van der Waals surface area (Å²) < 4.78 is 37.7. The van der Waals surface area contributed by atoms with Crippen molar-refractivity contribution in [2.75, 3.05) is 6.54 Å². The molecule has 1 aromatic heterocycles. The highest BCUT2D eigenvalue weighted by Crippen LogP contribution is 2.31. The van der Waals surface area contributed by atoms with E-state index < -0.39 is 11.7 Å². The Hall–Kier alpha value is -1.10. The third-order valence-electron chi connectivity index (χ3n) is 3.43. The van der Waals surface area contributed by atoms with E-state index >= 15 is 0 Å². The first-order valence-electron chi connectivity index (χ1n) is 7.03. The van der Waals surface area contributed by atoms with Gasteiger partial charge in [0, 0.05) is 23.9 Å². The zero-order valence-electron chi connectivity index (χ0n) is 12.5. The average Bonchev–Trinajstić information content (AvgIpc) is 2.35. The summed E-state index contributed by atoms with van der Waals surface area (Å²) in [5.41, 5.74) is 0.0158. The van der Waals surface area contributed by atoms with Crippen molar-refractivity contribution < 1.29 is 13.2 Å². The molecule has 0 amide bonds. The van der Waals surface area contributed by atoms with Crippen molar-refractivity contribution in [1.82, 2.24) is 10.3 Å². The number of pyridine rings is 1. The van der Waals surface area contributed by atoms with Crippen LogP contribution in [0.15, 0.2) is 18.3 Å². The zero-order valence-corrected chi connectivity index (χ0v) is 12.5. The molecule has 1 N–H and O–H groups in total. The van der Waals surface area contributed by atoms with Crippen LogP contribution in [-0.2, 0) is 6.18 Å². The molecule has 20 heavy (non-hydrogen) atoms. The molecule has 2 nitrogen and oxygen atoms in total. The highest BCUT2D eigenvalue weighted by atomic mass is 19.4. The van der Waals surface area contributed by atoms with Crippen LogP contribution in [0.1, 0.15) is 51.3 Å². The van der Waals surface area contributed by atoms with Crippen LogP contribution in [0.2, 0.25) is 0 Å². The van der Waals surface area contributed by atoms with E-state index in [1.54, 1.807) is 0 Å². The Morgan fingerprint density at radius 1 is 1.20 bits per heavy atom. The number of nitrogens with zero attached hydrogens (tertiary/aromatic N) is 1. The minimum Gasteiger partial charge on any atom is -0.314 e. The average molecular weight is 288 g/mol. The SMILES string of the molecule is CCCNC(C)C(c1ccc(C(F)(F)F)cn1)C(C)C. The molecule has 0 aromatic carbocycles. The van der Waals surface area contributed by atoms with Gasteiger partial charge in [-0.25, -0.2) is 0 Å². The minimum atomic E-state index is -4.33. The molecule has 0 saturated carbocycles. The Morgan fingerprint density at radius 3 is 2.25 bits per heavy atom. The minimum absolute atomic E-state index is 0.101. The van der Waals surface area contributed by atoms with Gasteiger partial charge in [-0.1, -0.05) is 20.8 Å². The van der Waals surface area contributed by atoms with Gasteiger partial charge in [0.1, 0.15) is 0 Å². The Bertz CT molecular complexity index is 399. The van der Waals surface area contributed by atoms with Gasteiger partial charge in [0.15, 0.2) is 0 Å². The van der Waals surface area contributed by atoms with Gasteiger partial charge < -0.3 is 5.32 Å². The Kier molecular flexibility index (Phi) is 5.99. The first-order valence-corrected chi connectivity index (χ1v) is 7.03. The van der Waals surface area contributed by atoms with Crippen LogP contribution in [0, 0.1) is 5.92 Å². The van der Waals surface area contributed by atoms with E-state index in [2.05, 4.69) is 38.0 Å². The zero-order chi connectivity index (χ0) is 15.3. The second kappa shape index (κ2) is 7.07. The lowest BCUT2D eigenvalue weighted by Gasteiger charge is -2.28. The molecule has 0 aliphatic carbocycles. The molecule has 0 aliphatic heterocycles. The standard InChI is InChI=1S/C15H23F3N2/c1-5-8-19-11(4)14(10(2)3)13-7-6-12(9-20-13)15(16,17)18/h6-7,9-11,14,19H,5,8H2,1-4H3. The molecule has 0 spiro atoms. The van der Waals surface area contributed by atoms with Gasteiger partial charge in [0.2, 0.25) is 0 Å². The number of hydrogen-bond donors (Lipinski definition) is 1. The van der Waals surface area contributed by atoms with Crippen molar-refractivity contribution in [2.24, 2.45) is 5.92 Å². The van der Waals surface area contributed by atoms with Crippen LogP contribution in [0.5, 0.6) is 0 Å². The number of halogens is 3. The second-order valence-electron chi connectivity index (χ2n) is 5.48. The lowest BCUT2D eigenvalue weighted by Crippen LogP contribution is -2.35. The largest absolute Gasteiger partial charge is 0.417 e. The Morgan fingerprint density at radius 2 is 1.85 bits per heavy atom. The van der Waals surface area contributed by atoms with Gasteiger partial charge in [0.05, 0.1) is 5.56 Å². The monoisotopic (exact) mass is 288 g/mol. The number of aromatic nitrogens is 1. The second-order valence-corrected chi connectivity index (χ2v) is 5.48. The Balaban J connectivity index is 2.92. The third kappa shape index (κ3) is 4.47. The first kappa shape index (κ1) is 17.0. The molecular weight excluding hydrogens is 265 g/mol. The fraction of sp³-hybridized carbons (Fsp3) is 0.667. The molecule has 2 atom stereocenters. The van der Waals surface area contributed by atoms with Crippen molar-refractivity contribution in [3.05, 3.63) is 29.6 Å². The number of hydrogen-bond acceptors (Lipinski definition) is 2. The first-order chi connectivity index (χ1) is 9.27. The number of nitrogens with one attached hydrogen (secondary N) is 1. The molecule has 0 bridgehead atoms. The molecule has 1 heterocycles. The van der Waals surface area contributed by atoms with Crippen molar-refractivity contribution >= 4 is 0 Å². The molecule has 1 aromatic rings. The van der Waals surface area contributed by atoms with Gasteiger partial charge >= 0.3 is 6.18 Å². The summed E-state index contributed by atoms with van der Waals surface area (Å²) in [5.74, 6) is 0.405. The summed E-state index contributed by atoms with van der Waals surface area (Å²) in [5, 5.41) is 3.39. The van der Waals surface area contributed by atoms with Crippen molar-refractivity contribution in [3.8, 4) is 0 Å². The number of alkyl halides is 3. The molecule has 0 fully saturated rings. The van der Waals surface area contributed by atoms with E-state index in [9.17, 15) is 13.2 Å². The smallest absolute Gasteiger partial charge is 0.314 e. The maximum Gasteiger partial charge on any atom is 0.417 e. The molecule has 1 rings (SSSR count). The summed E-state index contributed by atoms with van der Waals surface area (Å²) in [6.07, 6.45) is -2.38. The molecule has 0 aliphatic rings. The summed E-state index contributed by atoms with van der Waals surface area (Å²) in [4.78, 5) is 4.04. The normalized spacial score (nSPS) is 15.4. The summed E-state index contributed by atoms with van der Waals surface area (Å²) >= 11 is 0. The van der Waals surface area contributed by atoms with Crippen LogP contribution < -0.4 is 5.32 Å². The fourth-order valence-corrected chi connectivity index (χ4v) is 2.44. The van der Waals surface area contributed by atoms with Crippen LogP contribution in [-0.4, -0.2) is 17.6 Å². The summed E-state index contributed by atoms with van der Waals surface area (Å²) in [6.45, 7) is 9.16. The molecular formula is C15H23F3N2. The maximum atomic E-state index is 12.6. The number of rotatable bonds is 6. The molecule has 114 valence electrons. The fourth-order valence-electron chi connectivity index (χ4n) is 2.44. The quantitative estimate of drug-likeness (QED) is 0.847. The van der Waals surface area contributed by atoms with E-state index in [4.69, 9.17) is 0 Å². The Labute approximate surface area is 118 Å². The van der Waals surface area contributed by atoms with E-state index in [1.807, 2.05) is 0 Å². The van der Waals surface area contributed by atoms with Gasteiger partial charge in [-0.2, -0.15) is 13.2 Å². The van der Waals surface area contributed by atoms with E-state index in [0.717, 1.165) is 25.2 Å². The van der Waals surface area contributed by atoms with Crippen molar-refractivity contribution in [2.45, 2.75) is 52.3 Å².